The summed E-state index contributed by atoms with van der Waals surface area (Å²) in [5, 5.41) is 3.25. The number of halogens is 1. The van der Waals surface area contributed by atoms with Crippen LogP contribution < -0.4 is 10.0 Å². The summed E-state index contributed by atoms with van der Waals surface area (Å²) in [5.74, 6) is 0.375. The molecule has 0 aromatic heterocycles. The predicted molar refractivity (Wildman–Crippen MR) is 86.5 cm³/mol. The van der Waals surface area contributed by atoms with E-state index in [1.165, 1.54) is 11.1 Å². The summed E-state index contributed by atoms with van der Waals surface area (Å²) < 4.78 is 27.9. The summed E-state index contributed by atoms with van der Waals surface area (Å²) in [7, 11) is -3.40. The molecule has 1 saturated heterocycles. The number of piperidine rings is 1. The van der Waals surface area contributed by atoms with E-state index in [9.17, 15) is 8.42 Å². The molecule has 1 aromatic rings. The highest BCUT2D eigenvalue weighted by Gasteiger charge is 2.27. The van der Waals surface area contributed by atoms with E-state index >= 15 is 0 Å². The molecular formula is C15H23ClN2O2S. The average Bonchev–Trinajstić information content (AvgIpc) is 2.88. The van der Waals surface area contributed by atoms with Crippen LogP contribution in [0.1, 0.15) is 30.9 Å². The Kier molecular flexibility index (Phi) is 5.30. The van der Waals surface area contributed by atoms with Crippen molar-refractivity contribution < 1.29 is 8.42 Å². The Morgan fingerprint density at radius 3 is 2.76 bits per heavy atom. The quantitative estimate of drug-likeness (QED) is 0.889. The second-order valence-electron chi connectivity index (χ2n) is 5.98. The molecule has 1 heterocycles. The molecule has 4 nitrogen and oxygen atoms in total. The van der Waals surface area contributed by atoms with Crippen LogP contribution in [0.2, 0.25) is 0 Å². The van der Waals surface area contributed by atoms with E-state index in [0.29, 0.717) is 17.4 Å². The fourth-order valence-corrected chi connectivity index (χ4v) is 4.53. The van der Waals surface area contributed by atoms with Gasteiger partial charge in [0.2, 0.25) is 10.0 Å². The van der Waals surface area contributed by atoms with Crippen LogP contribution in [0.3, 0.4) is 0 Å². The van der Waals surface area contributed by atoms with Crippen molar-refractivity contribution in [2.75, 3.05) is 13.1 Å². The lowest BCUT2D eigenvalue weighted by molar-refractivity contribution is 0.327. The molecule has 6 heteroatoms. The standard InChI is InChI=1S/C15H22N2O2S.ClH/c1-11-7-8-16-10-15(11)17-20(18,19)14-6-5-12-3-2-4-13(12)9-14;/h5-6,9,11,15-17H,2-4,7-8,10H2,1H3;1H. The summed E-state index contributed by atoms with van der Waals surface area (Å²) in [6.45, 7) is 3.79. The summed E-state index contributed by atoms with van der Waals surface area (Å²) in [5.41, 5.74) is 2.50. The smallest absolute Gasteiger partial charge is 0.240 e. The molecule has 2 unspecified atom stereocenters. The highest BCUT2D eigenvalue weighted by molar-refractivity contribution is 7.89. The highest BCUT2D eigenvalue weighted by atomic mass is 35.5. The number of nitrogens with one attached hydrogen (secondary N) is 2. The number of hydrogen-bond acceptors (Lipinski definition) is 3. The topological polar surface area (TPSA) is 58.2 Å². The zero-order valence-corrected chi connectivity index (χ0v) is 13.9. The normalized spacial score (nSPS) is 25.2. The zero-order valence-electron chi connectivity index (χ0n) is 12.3. The first-order valence-corrected chi connectivity index (χ1v) is 8.89. The number of benzene rings is 1. The number of aryl methyl sites for hydroxylation is 2. The predicted octanol–water partition coefficient (Wildman–Crippen LogP) is 1.87. The number of rotatable bonds is 3. The first-order chi connectivity index (χ1) is 9.56. The Morgan fingerprint density at radius 1 is 1.24 bits per heavy atom. The van der Waals surface area contributed by atoms with Gasteiger partial charge in [0.1, 0.15) is 0 Å². The van der Waals surface area contributed by atoms with Gasteiger partial charge in [-0.3, -0.25) is 0 Å². The van der Waals surface area contributed by atoms with Gasteiger partial charge in [-0.2, -0.15) is 0 Å². The maximum Gasteiger partial charge on any atom is 0.240 e. The van der Waals surface area contributed by atoms with Crippen LogP contribution in [-0.2, 0) is 22.9 Å². The van der Waals surface area contributed by atoms with Gasteiger partial charge in [0.25, 0.3) is 0 Å². The van der Waals surface area contributed by atoms with E-state index < -0.39 is 10.0 Å². The van der Waals surface area contributed by atoms with Crippen molar-refractivity contribution in [2.24, 2.45) is 5.92 Å². The zero-order chi connectivity index (χ0) is 14.2. The third kappa shape index (κ3) is 3.59. The molecule has 2 N–H and O–H groups in total. The summed E-state index contributed by atoms with van der Waals surface area (Å²) in [6, 6.07) is 5.56. The minimum Gasteiger partial charge on any atom is -0.315 e. The fourth-order valence-electron chi connectivity index (χ4n) is 3.13. The third-order valence-corrected chi connectivity index (χ3v) is 6.00. The first kappa shape index (κ1) is 16.7. The molecule has 2 aliphatic rings. The molecule has 0 bridgehead atoms. The van der Waals surface area contributed by atoms with Crippen LogP contribution in [0.15, 0.2) is 23.1 Å². The second kappa shape index (κ2) is 6.65. The van der Waals surface area contributed by atoms with Crippen molar-refractivity contribution in [3.8, 4) is 0 Å². The van der Waals surface area contributed by atoms with Crippen molar-refractivity contribution in [2.45, 2.75) is 43.5 Å². The van der Waals surface area contributed by atoms with Crippen LogP contribution in [0.5, 0.6) is 0 Å². The lowest BCUT2D eigenvalue weighted by Crippen LogP contribution is -2.50. The van der Waals surface area contributed by atoms with E-state index in [1.807, 2.05) is 12.1 Å². The third-order valence-electron chi connectivity index (χ3n) is 4.51. The Balaban J connectivity index is 0.00000161. The lowest BCUT2D eigenvalue weighted by atomic mass is 9.96. The highest BCUT2D eigenvalue weighted by Crippen LogP contribution is 2.25. The Hall–Kier alpha value is -0.620. The average molecular weight is 331 g/mol. The molecule has 0 radical (unpaired) electrons. The maximum atomic E-state index is 12.5. The molecule has 0 saturated carbocycles. The van der Waals surface area contributed by atoms with Gasteiger partial charge in [-0.05, 0) is 61.4 Å². The van der Waals surface area contributed by atoms with Crippen LogP contribution >= 0.6 is 12.4 Å². The van der Waals surface area contributed by atoms with E-state index in [-0.39, 0.29) is 18.4 Å². The van der Waals surface area contributed by atoms with E-state index in [4.69, 9.17) is 0 Å². The van der Waals surface area contributed by atoms with Crippen molar-refractivity contribution in [1.82, 2.24) is 10.0 Å². The Morgan fingerprint density at radius 2 is 2.00 bits per heavy atom. The second-order valence-corrected chi connectivity index (χ2v) is 7.70. The molecule has 118 valence electrons. The largest absolute Gasteiger partial charge is 0.315 e. The minimum absolute atomic E-state index is 0. The van der Waals surface area contributed by atoms with Crippen LogP contribution in [0.4, 0.5) is 0 Å². The van der Waals surface area contributed by atoms with Crippen LogP contribution in [0, 0.1) is 5.92 Å². The molecule has 2 atom stereocenters. The molecular weight excluding hydrogens is 308 g/mol. The minimum atomic E-state index is -3.40. The van der Waals surface area contributed by atoms with Crippen molar-refractivity contribution in [1.29, 1.82) is 0 Å². The Labute approximate surface area is 133 Å². The molecule has 1 aromatic carbocycles. The van der Waals surface area contributed by atoms with Gasteiger partial charge < -0.3 is 5.32 Å². The summed E-state index contributed by atoms with van der Waals surface area (Å²) >= 11 is 0. The van der Waals surface area contributed by atoms with E-state index in [0.717, 1.165) is 32.2 Å². The summed E-state index contributed by atoms with van der Waals surface area (Å²) in [6.07, 6.45) is 4.22. The number of fused-ring (bicyclic) bond motifs is 1. The molecule has 21 heavy (non-hydrogen) atoms. The lowest BCUT2D eigenvalue weighted by Gasteiger charge is -2.30. The van der Waals surface area contributed by atoms with Crippen molar-refractivity contribution >= 4 is 22.4 Å². The monoisotopic (exact) mass is 330 g/mol. The van der Waals surface area contributed by atoms with Gasteiger partial charge in [-0.25, -0.2) is 13.1 Å². The van der Waals surface area contributed by atoms with Crippen LogP contribution in [-0.4, -0.2) is 27.5 Å². The van der Waals surface area contributed by atoms with Gasteiger partial charge in [0.15, 0.2) is 0 Å². The van der Waals surface area contributed by atoms with Gasteiger partial charge in [0, 0.05) is 12.6 Å². The van der Waals surface area contributed by atoms with Crippen molar-refractivity contribution in [3.05, 3.63) is 29.3 Å². The molecule has 0 amide bonds. The molecule has 1 aliphatic carbocycles. The molecule has 3 rings (SSSR count). The van der Waals surface area contributed by atoms with Gasteiger partial charge >= 0.3 is 0 Å². The summed E-state index contributed by atoms with van der Waals surface area (Å²) in [4.78, 5) is 0.413. The number of hydrogen-bond donors (Lipinski definition) is 2. The van der Waals surface area contributed by atoms with Crippen LogP contribution in [0.25, 0.3) is 0 Å². The van der Waals surface area contributed by atoms with E-state index in [2.05, 4.69) is 17.0 Å². The molecule has 1 fully saturated rings. The van der Waals surface area contributed by atoms with E-state index in [1.54, 1.807) is 6.07 Å². The van der Waals surface area contributed by atoms with Gasteiger partial charge in [-0.15, -0.1) is 12.4 Å². The van der Waals surface area contributed by atoms with Crippen molar-refractivity contribution in [3.63, 3.8) is 0 Å². The van der Waals surface area contributed by atoms with Gasteiger partial charge in [-0.1, -0.05) is 13.0 Å². The first-order valence-electron chi connectivity index (χ1n) is 7.41. The Bertz CT molecular complexity index is 604. The number of sulfonamides is 1. The maximum absolute atomic E-state index is 12.5. The fraction of sp³-hybridized carbons (Fsp3) is 0.600. The van der Waals surface area contributed by atoms with Gasteiger partial charge in [0.05, 0.1) is 4.90 Å². The molecule has 1 aliphatic heterocycles. The molecule has 0 spiro atoms. The SMILES string of the molecule is CC1CCNCC1NS(=O)(=O)c1ccc2c(c1)CCC2.Cl.